The molecule has 0 spiro atoms. The Kier molecular flexibility index (Phi) is 3.87. The summed E-state index contributed by atoms with van der Waals surface area (Å²) < 4.78 is 13.8. The number of benzene rings is 1. The van der Waals surface area contributed by atoms with Crippen LogP contribution in [0.2, 0.25) is 0 Å². The highest BCUT2D eigenvalue weighted by Gasteiger charge is 2.19. The molecule has 17 heavy (non-hydrogen) atoms. The highest BCUT2D eigenvalue weighted by Crippen LogP contribution is 2.28. The van der Waals surface area contributed by atoms with Crippen LogP contribution in [0, 0.1) is 5.82 Å². The van der Waals surface area contributed by atoms with Gasteiger partial charge in [0, 0.05) is 18.8 Å². The molecular formula is C14H21FN2. The van der Waals surface area contributed by atoms with E-state index in [9.17, 15) is 4.39 Å². The summed E-state index contributed by atoms with van der Waals surface area (Å²) in [5, 5.41) is 0. The minimum atomic E-state index is -0.211. The zero-order valence-electron chi connectivity index (χ0n) is 10.5. The van der Waals surface area contributed by atoms with Gasteiger partial charge in [0.2, 0.25) is 0 Å². The maximum atomic E-state index is 13.8. The Hall–Kier alpha value is -1.25. The molecule has 0 bridgehead atoms. The van der Waals surface area contributed by atoms with Crippen molar-refractivity contribution >= 4 is 11.4 Å². The molecule has 1 aromatic carbocycles. The zero-order valence-corrected chi connectivity index (χ0v) is 10.5. The van der Waals surface area contributed by atoms with Gasteiger partial charge in [-0.15, -0.1) is 0 Å². The van der Waals surface area contributed by atoms with Crippen molar-refractivity contribution in [3.05, 3.63) is 24.0 Å². The molecule has 0 aliphatic heterocycles. The summed E-state index contributed by atoms with van der Waals surface area (Å²) in [4.78, 5) is 2.08. The van der Waals surface area contributed by atoms with Gasteiger partial charge in [0.05, 0.1) is 5.69 Å². The fraction of sp³-hybridized carbons (Fsp3) is 0.571. The molecule has 1 saturated carbocycles. The minimum absolute atomic E-state index is 0.211. The summed E-state index contributed by atoms with van der Waals surface area (Å²) in [6, 6.07) is 5.43. The minimum Gasteiger partial charge on any atom is -0.399 e. The third kappa shape index (κ3) is 2.90. The zero-order chi connectivity index (χ0) is 12.3. The van der Waals surface area contributed by atoms with Crippen molar-refractivity contribution in [2.24, 2.45) is 0 Å². The summed E-state index contributed by atoms with van der Waals surface area (Å²) >= 11 is 0. The molecule has 3 heteroatoms. The van der Waals surface area contributed by atoms with E-state index in [2.05, 4.69) is 4.90 Å². The Morgan fingerprint density at radius 1 is 1.18 bits per heavy atom. The summed E-state index contributed by atoms with van der Waals surface area (Å²) in [6.07, 6.45) is 7.47. The van der Waals surface area contributed by atoms with Gasteiger partial charge in [0.15, 0.2) is 0 Å². The number of halogens is 1. The lowest BCUT2D eigenvalue weighted by molar-refractivity contribution is 0.538. The van der Waals surface area contributed by atoms with Crippen molar-refractivity contribution in [3.8, 4) is 0 Å². The molecule has 0 radical (unpaired) electrons. The van der Waals surface area contributed by atoms with Gasteiger partial charge in [-0.1, -0.05) is 25.7 Å². The Morgan fingerprint density at radius 3 is 2.41 bits per heavy atom. The molecule has 0 atom stereocenters. The van der Waals surface area contributed by atoms with Crippen molar-refractivity contribution in [1.29, 1.82) is 0 Å². The van der Waals surface area contributed by atoms with Gasteiger partial charge in [-0.05, 0) is 31.0 Å². The first-order valence-electron chi connectivity index (χ1n) is 6.46. The molecule has 0 unspecified atom stereocenters. The van der Waals surface area contributed by atoms with E-state index >= 15 is 0 Å². The topological polar surface area (TPSA) is 29.3 Å². The van der Waals surface area contributed by atoms with Gasteiger partial charge in [-0.25, -0.2) is 4.39 Å². The second kappa shape index (κ2) is 5.39. The molecule has 0 aromatic heterocycles. The number of hydrogen-bond donors (Lipinski definition) is 1. The Balaban J connectivity index is 2.14. The lowest BCUT2D eigenvalue weighted by Crippen LogP contribution is -2.31. The molecule has 2 N–H and O–H groups in total. The van der Waals surface area contributed by atoms with Gasteiger partial charge in [0.1, 0.15) is 5.82 Å². The lowest BCUT2D eigenvalue weighted by Gasteiger charge is -2.29. The standard InChI is InChI=1S/C14H21FN2/c1-17(12-6-4-2-3-5-7-12)14-9-8-11(16)10-13(14)15/h8-10,12H,2-7,16H2,1H3. The molecular weight excluding hydrogens is 215 g/mol. The summed E-state index contributed by atoms with van der Waals surface area (Å²) in [7, 11) is 1.99. The second-order valence-electron chi connectivity index (χ2n) is 4.97. The van der Waals surface area contributed by atoms with Gasteiger partial charge < -0.3 is 10.6 Å². The number of anilines is 2. The first-order chi connectivity index (χ1) is 8.18. The molecule has 0 heterocycles. The van der Waals surface area contributed by atoms with E-state index in [0.717, 1.165) is 0 Å². The quantitative estimate of drug-likeness (QED) is 0.628. The predicted octanol–water partition coefficient (Wildman–Crippen LogP) is 3.57. The SMILES string of the molecule is CN(c1ccc(N)cc1F)C1CCCCCC1. The average molecular weight is 236 g/mol. The van der Waals surface area contributed by atoms with E-state index in [4.69, 9.17) is 5.73 Å². The summed E-state index contributed by atoms with van der Waals surface area (Å²) in [5.74, 6) is -0.211. The van der Waals surface area contributed by atoms with Gasteiger partial charge in [-0.2, -0.15) is 0 Å². The van der Waals surface area contributed by atoms with E-state index in [1.165, 1.54) is 44.6 Å². The van der Waals surface area contributed by atoms with Crippen LogP contribution in [-0.2, 0) is 0 Å². The second-order valence-corrected chi connectivity index (χ2v) is 4.97. The summed E-state index contributed by atoms with van der Waals surface area (Å²) in [5.41, 5.74) is 6.73. The van der Waals surface area contributed by atoms with Crippen LogP contribution in [0.25, 0.3) is 0 Å². The van der Waals surface area contributed by atoms with Crippen LogP contribution in [0.1, 0.15) is 38.5 Å². The average Bonchev–Trinajstić information content (AvgIpc) is 2.56. The molecule has 2 rings (SSSR count). The molecule has 1 aliphatic rings. The molecule has 0 amide bonds. The van der Waals surface area contributed by atoms with E-state index < -0.39 is 0 Å². The summed E-state index contributed by atoms with van der Waals surface area (Å²) in [6.45, 7) is 0. The van der Waals surface area contributed by atoms with Gasteiger partial charge >= 0.3 is 0 Å². The van der Waals surface area contributed by atoms with Crippen molar-refractivity contribution in [2.45, 2.75) is 44.6 Å². The van der Waals surface area contributed by atoms with Crippen LogP contribution < -0.4 is 10.6 Å². The number of hydrogen-bond acceptors (Lipinski definition) is 2. The lowest BCUT2D eigenvalue weighted by atomic mass is 10.1. The third-order valence-corrected chi connectivity index (χ3v) is 3.72. The van der Waals surface area contributed by atoms with Crippen LogP contribution in [0.15, 0.2) is 18.2 Å². The maximum absolute atomic E-state index is 13.8. The highest BCUT2D eigenvalue weighted by atomic mass is 19.1. The van der Waals surface area contributed by atoms with E-state index in [1.807, 2.05) is 7.05 Å². The number of nitrogens with zero attached hydrogens (tertiary/aromatic N) is 1. The molecule has 1 aliphatic carbocycles. The van der Waals surface area contributed by atoms with E-state index in [0.29, 0.717) is 17.4 Å². The fourth-order valence-corrected chi connectivity index (χ4v) is 2.65. The van der Waals surface area contributed by atoms with Gasteiger partial charge in [0.25, 0.3) is 0 Å². The Morgan fingerprint density at radius 2 is 1.82 bits per heavy atom. The van der Waals surface area contributed by atoms with Crippen molar-refractivity contribution in [2.75, 3.05) is 17.7 Å². The maximum Gasteiger partial charge on any atom is 0.148 e. The smallest absolute Gasteiger partial charge is 0.148 e. The van der Waals surface area contributed by atoms with E-state index in [1.54, 1.807) is 12.1 Å². The van der Waals surface area contributed by atoms with E-state index in [-0.39, 0.29) is 5.82 Å². The van der Waals surface area contributed by atoms with Crippen LogP contribution in [0.4, 0.5) is 15.8 Å². The van der Waals surface area contributed by atoms with Gasteiger partial charge in [-0.3, -0.25) is 0 Å². The monoisotopic (exact) mass is 236 g/mol. The van der Waals surface area contributed by atoms with Crippen LogP contribution in [-0.4, -0.2) is 13.1 Å². The third-order valence-electron chi connectivity index (χ3n) is 3.72. The molecule has 1 fully saturated rings. The number of rotatable bonds is 2. The Labute approximate surface area is 103 Å². The Bertz CT molecular complexity index is 370. The number of nitrogen functional groups attached to an aromatic ring is 1. The van der Waals surface area contributed by atoms with Crippen LogP contribution in [0.3, 0.4) is 0 Å². The van der Waals surface area contributed by atoms with Crippen molar-refractivity contribution in [1.82, 2.24) is 0 Å². The largest absolute Gasteiger partial charge is 0.399 e. The molecule has 0 saturated heterocycles. The fourth-order valence-electron chi connectivity index (χ4n) is 2.65. The first kappa shape index (κ1) is 12.2. The number of nitrogens with two attached hydrogens (primary N) is 1. The molecule has 1 aromatic rings. The normalized spacial score (nSPS) is 17.8. The van der Waals surface area contributed by atoms with Crippen molar-refractivity contribution in [3.63, 3.8) is 0 Å². The van der Waals surface area contributed by atoms with Crippen LogP contribution >= 0.6 is 0 Å². The van der Waals surface area contributed by atoms with Crippen LogP contribution in [0.5, 0.6) is 0 Å². The molecule has 2 nitrogen and oxygen atoms in total. The highest BCUT2D eigenvalue weighted by molar-refractivity contribution is 5.54. The van der Waals surface area contributed by atoms with Crippen molar-refractivity contribution < 1.29 is 4.39 Å². The first-order valence-corrected chi connectivity index (χ1v) is 6.46. The predicted molar refractivity (Wildman–Crippen MR) is 70.7 cm³/mol. The molecule has 94 valence electrons.